The fourth-order valence-corrected chi connectivity index (χ4v) is 5.01. The number of carbonyl (C=O) groups is 1. The smallest absolute Gasteiger partial charge is 0.489 e. The molecule has 1 aliphatic heterocycles. The lowest BCUT2D eigenvalue weighted by Crippen LogP contribution is -2.36. The van der Waals surface area contributed by atoms with Crippen molar-refractivity contribution in [3.05, 3.63) is 51.9 Å². The van der Waals surface area contributed by atoms with Gasteiger partial charge in [0.15, 0.2) is 23.8 Å². The third-order valence-corrected chi connectivity index (χ3v) is 6.46. The van der Waals surface area contributed by atoms with E-state index in [4.69, 9.17) is 14.0 Å². The van der Waals surface area contributed by atoms with E-state index in [0.29, 0.717) is 16.7 Å². The molecule has 5 atom stereocenters. The Labute approximate surface area is 186 Å². The topological polar surface area (TPSA) is 145 Å². The molecule has 1 fully saturated rings. The van der Waals surface area contributed by atoms with Crippen LogP contribution in [-0.4, -0.2) is 45.9 Å². The van der Waals surface area contributed by atoms with Crippen molar-refractivity contribution < 1.29 is 28.3 Å². The Bertz CT molecular complexity index is 1200. The lowest BCUT2D eigenvalue weighted by Gasteiger charge is -2.18. The van der Waals surface area contributed by atoms with Crippen molar-refractivity contribution in [3.63, 3.8) is 0 Å². The molecule has 3 heterocycles. The van der Waals surface area contributed by atoms with E-state index in [1.165, 1.54) is 18.0 Å². The van der Waals surface area contributed by atoms with Crippen LogP contribution in [0.2, 0.25) is 0 Å². The number of thiazole rings is 1. The third-order valence-electron chi connectivity index (χ3n) is 5.09. The summed E-state index contributed by atoms with van der Waals surface area (Å²) >= 11 is 0.808. The van der Waals surface area contributed by atoms with Crippen LogP contribution >= 0.6 is 19.6 Å². The van der Waals surface area contributed by atoms with E-state index < -0.39 is 43.6 Å². The van der Waals surface area contributed by atoms with Gasteiger partial charge in [0.05, 0.1) is 6.10 Å². The van der Waals surface area contributed by atoms with Gasteiger partial charge in [-0.2, -0.15) is 0 Å². The molecule has 1 aliphatic rings. The van der Waals surface area contributed by atoms with Gasteiger partial charge >= 0.3 is 13.1 Å². The predicted octanol–water partition coefficient (Wildman–Crippen LogP) is 1.83. The first-order valence-corrected chi connectivity index (χ1v) is 11.6. The van der Waals surface area contributed by atoms with E-state index in [-0.39, 0.29) is 11.5 Å². The molecule has 0 saturated carbocycles. The highest BCUT2D eigenvalue weighted by Crippen LogP contribution is 2.39. The van der Waals surface area contributed by atoms with Crippen LogP contribution in [0.4, 0.5) is 5.82 Å². The van der Waals surface area contributed by atoms with E-state index in [9.17, 15) is 19.0 Å². The van der Waals surface area contributed by atoms with Crippen molar-refractivity contribution in [1.82, 2.24) is 14.5 Å². The number of nitrogens with zero attached hydrogens (tertiary/aromatic N) is 3. The number of nitrogens with one attached hydrogen (secondary N) is 1. The molecule has 1 amide bonds. The number of rotatable bonds is 7. The minimum absolute atomic E-state index is 0.158. The molecule has 1 aromatic carbocycles. The molecular formula is C19H19N4O7PS. The second-order valence-electron chi connectivity index (χ2n) is 6.90. The quantitative estimate of drug-likeness (QED) is 0.503. The summed E-state index contributed by atoms with van der Waals surface area (Å²) in [5.74, 6) is -0.240. The van der Waals surface area contributed by atoms with Crippen molar-refractivity contribution >= 4 is 41.7 Å². The van der Waals surface area contributed by atoms with Crippen molar-refractivity contribution in [2.24, 2.45) is 0 Å². The molecule has 2 aromatic heterocycles. The Morgan fingerprint density at radius 2 is 2.06 bits per heavy atom. The summed E-state index contributed by atoms with van der Waals surface area (Å²) in [5.41, 5.74) is 0.608. The van der Waals surface area contributed by atoms with Gasteiger partial charge in [0.25, 0.3) is 5.91 Å². The van der Waals surface area contributed by atoms with E-state index in [0.717, 1.165) is 11.3 Å². The molecule has 32 heavy (non-hydrogen) atoms. The number of fused-ring (bicyclic) bond motifs is 1. The Morgan fingerprint density at radius 3 is 2.72 bits per heavy atom. The summed E-state index contributed by atoms with van der Waals surface area (Å²) in [6.45, 7) is 1.85. The second-order valence-corrected chi connectivity index (χ2v) is 8.52. The number of hydrogen-bond acceptors (Lipinski definition) is 10. The van der Waals surface area contributed by atoms with Crippen LogP contribution in [-0.2, 0) is 18.6 Å². The highest BCUT2D eigenvalue weighted by molar-refractivity contribution is 7.30. The van der Waals surface area contributed by atoms with Gasteiger partial charge in [0, 0.05) is 12.7 Å². The van der Waals surface area contributed by atoms with Gasteiger partial charge in [-0.1, -0.05) is 36.5 Å². The highest BCUT2D eigenvalue weighted by atomic mass is 32.1. The van der Waals surface area contributed by atoms with Gasteiger partial charge < -0.3 is 19.7 Å². The average molecular weight is 478 g/mol. The van der Waals surface area contributed by atoms with E-state index in [2.05, 4.69) is 15.3 Å². The fourth-order valence-electron chi connectivity index (χ4n) is 3.68. The number of ether oxygens (including phenoxy) is 2. The normalized spacial score (nSPS) is 23.4. The Balaban J connectivity index is 1.75. The van der Waals surface area contributed by atoms with Gasteiger partial charge in [0.1, 0.15) is 17.1 Å². The zero-order chi connectivity index (χ0) is 22.8. The summed E-state index contributed by atoms with van der Waals surface area (Å²) in [7, 11) is -1.81. The van der Waals surface area contributed by atoms with Gasteiger partial charge in [-0.15, -0.1) is 4.52 Å². The second kappa shape index (κ2) is 9.49. The standard InChI is InChI=1S/C19H19N4O7PS/c1-3-11-12(28-2)13(30-31(26)27)18(29-11)23-16-14(32-19(23)25)15(20-9-21-16)22-17(24)10-7-5-4-6-8-10/h4-9,11-13,18H,3H2,1-2H3,(H,20,21,22,24)/t11-,12-,13-,18-/m1/s1. The molecule has 3 aromatic rings. The average Bonchev–Trinajstić information content (AvgIpc) is 3.30. The summed E-state index contributed by atoms with van der Waals surface area (Å²) < 4.78 is 29.3. The maximum Gasteiger partial charge on any atom is 0.489 e. The molecule has 1 N–H and O–H groups in total. The number of benzene rings is 1. The number of methoxy groups -OCH3 is 1. The molecule has 4 rings (SSSR count). The van der Waals surface area contributed by atoms with Crippen LogP contribution in [0.25, 0.3) is 10.3 Å². The zero-order valence-electron chi connectivity index (χ0n) is 17.0. The molecule has 0 spiro atoms. The molecule has 1 unspecified atom stereocenters. The van der Waals surface area contributed by atoms with Gasteiger partial charge in [0.2, 0.25) is 0 Å². The SMILES string of the molecule is CC[C@H]1O[C@@H](n2c(=O)sc3c(NC(=O)c4ccccc4)ncnc32)[C@H](O[P+](=O)[O-])[C@@H]1OC. The van der Waals surface area contributed by atoms with E-state index in [1.807, 2.05) is 6.92 Å². The summed E-state index contributed by atoms with van der Waals surface area (Å²) in [6, 6.07) is 8.55. The number of amides is 1. The lowest BCUT2D eigenvalue weighted by molar-refractivity contribution is -0.195. The molecule has 11 nitrogen and oxygen atoms in total. The lowest BCUT2D eigenvalue weighted by atomic mass is 10.1. The van der Waals surface area contributed by atoms with Crippen LogP contribution in [0.5, 0.6) is 0 Å². The number of carbonyl (C=O) groups excluding carboxylic acids is 1. The fraction of sp³-hybridized carbons (Fsp3) is 0.368. The minimum atomic E-state index is -3.23. The monoisotopic (exact) mass is 478 g/mol. The Kier molecular flexibility index (Phi) is 6.70. The number of aromatic nitrogens is 3. The molecule has 0 radical (unpaired) electrons. The molecule has 168 valence electrons. The van der Waals surface area contributed by atoms with Crippen molar-refractivity contribution in [1.29, 1.82) is 0 Å². The predicted molar refractivity (Wildman–Crippen MR) is 114 cm³/mol. The van der Waals surface area contributed by atoms with Crippen LogP contribution in [0.1, 0.15) is 29.9 Å². The molecular weight excluding hydrogens is 459 g/mol. The van der Waals surface area contributed by atoms with Crippen molar-refractivity contribution in [2.45, 2.75) is 37.9 Å². The largest absolute Gasteiger partial charge is 0.566 e. The number of hydrogen-bond donors (Lipinski definition) is 1. The molecule has 13 heteroatoms. The Morgan fingerprint density at radius 1 is 1.31 bits per heavy atom. The maximum atomic E-state index is 12.9. The van der Waals surface area contributed by atoms with Crippen molar-refractivity contribution in [2.75, 3.05) is 12.4 Å². The molecule has 0 bridgehead atoms. The summed E-state index contributed by atoms with van der Waals surface area (Å²) in [6.07, 6.45) is -1.67. The van der Waals surface area contributed by atoms with Gasteiger partial charge in [-0.05, 0) is 23.1 Å². The number of anilines is 1. The zero-order valence-corrected chi connectivity index (χ0v) is 18.7. The van der Waals surface area contributed by atoms with Crippen LogP contribution < -0.4 is 15.1 Å². The first kappa shape index (κ1) is 22.6. The van der Waals surface area contributed by atoms with Crippen molar-refractivity contribution in [3.8, 4) is 0 Å². The highest BCUT2D eigenvalue weighted by Gasteiger charge is 2.50. The molecule has 1 saturated heterocycles. The van der Waals surface area contributed by atoms with Gasteiger partial charge in [-0.3, -0.25) is 14.2 Å². The summed E-state index contributed by atoms with van der Waals surface area (Å²) in [4.78, 5) is 44.6. The first-order chi connectivity index (χ1) is 15.4. The maximum absolute atomic E-state index is 12.9. The van der Waals surface area contributed by atoms with Gasteiger partial charge in [-0.25, -0.2) is 9.97 Å². The van der Waals surface area contributed by atoms with Crippen LogP contribution in [0.3, 0.4) is 0 Å². The minimum Gasteiger partial charge on any atom is -0.566 e. The van der Waals surface area contributed by atoms with E-state index >= 15 is 0 Å². The Hall–Kier alpha value is -2.60. The summed E-state index contributed by atoms with van der Waals surface area (Å²) in [5, 5.41) is 2.69. The first-order valence-electron chi connectivity index (χ1n) is 9.66. The van der Waals surface area contributed by atoms with Crippen LogP contribution in [0.15, 0.2) is 41.5 Å². The third kappa shape index (κ3) is 4.20. The van der Waals surface area contributed by atoms with E-state index in [1.54, 1.807) is 30.3 Å². The molecule has 0 aliphatic carbocycles. The van der Waals surface area contributed by atoms with Crippen LogP contribution in [0, 0.1) is 0 Å².